The summed E-state index contributed by atoms with van der Waals surface area (Å²) < 4.78 is 50.3. The van der Waals surface area contributed by atoms with Crippen LogP contribution in [0.3, 0.4) is 0 Å². The molecule has 0 unspecified atom stereocenters. The van der Waals surface area contributed by atoms with Crippen LogP contribution in [0.4, 0.5) is 0 Å². The van der Waals surface area contributed by atoms with Crippen LogP contribution in [0, 0.1) is 0 Å². The van der Waals surface area contributed by atoms with E-state index < -0.39 is 32.0 Å². The number of carbonyl (C=O) groups is 1. The van der Waals surface area contributed by atoms with Gasteiger partial charge in [0, 0.05) is 25.0 Å². The molecule has 9 nitrogen and oxygen atoms in total. The van der Waals surface area contributed by atoms with Crippen molar-refractivity contribution in [3.63, 3.8) is 0 Å². The molecule has 1 saturated heterocycles. The van der Waals surface area contributed by atoms with Crippen molar-refractivity contribution in [3.05, 3.63) is 41.3 Å². The molecule has 1 fully saturated rings. The average molecular weight is 389 g/mol. The third-order valence-electron chi connectivity index (χ3n) is 3.73. The number of rotatable bonds is 5. The molecule has 11 heteroatoms. The summed E-state index contributed by atoms with van der Waals surface area (Å²) in [5.41, 5.74) is 2.05. The van der Waals surface area contributed by atoms with Gasteiger partial charge in [-0.2, -0.15) is 8.61 Å². The van der Waals surface area contributed by atoms with Crippen LogP contribution in [0.25, 0.3) is 6.08 Å². The van der Waals surface area contributed by atoms with Gasteiger partial charge >= 0.3 is 0 Å². The number of hydroxylamine groups is 1. The van der Waals surface area contributed by atoms with Crippen molar-refractivity contribution < 1.29 is 26.8 Å². The normalized spacial score (nSPS) is 20.6. The molecule has 0 aliphatic carbocycles. The average Bonchev–Trinajstić information content (AvgIpc) is 2.59. The predicted octanol–water partition coefficient (Wildman–Crippen LogP) is -0.562. The van der Waals surface area contributed by atoms with Gasteiger partial charge in [-0.1, -0.05) is 30.3 Å². The minimum atomic E-state index is -4.00. The summed E-state index contributed by atoms with van der Waals surface area (Å²) in [5.74, 6) is -0.995. The fourth-order valence-electron chi connectivity index (χ4n) is 2.44. The number of carbonyl (C=O) groups excluding carboxylic acids is 1. The fourth-order valence-corrected chi connectivity index (χ4v) is 4.61. The molecule has 0 bridgehead atoms. The first-order chi connectivity index (χ1) is 11.6. The molecule has 1 aliphatic heterocycles. The van der Waals surface area contributed by atoms with Crippen LogP contribution in [0.1, 0.15) is 5.56 Å². The maximum atomic E-state index is 12.6. The molecule has 1 aromatic rings. The van der Waals surface area contributed by atoms with E-state index in [1.807, 2.05) is 0 Å². The summed E-state index contributed by atoms with van der Waals surface area (Å²) in [7, 11) is -7.59. The van der Waals surface area contributed by atoms with Crippen molar-refractivity contribution in [2.45, 2.75) is 6.04 Å². The number of nitrogens with zero attached hydrogens (tertiary/aromatic N) is 2. The highest BCUT2D eigenvalue weighted by Gasteiger charge is 2.40. The first kappa shape index (κ1) is 19.5. The lowest BCUT2D eigenvalue weighted by atomic mass is 10.2. The highest BCUT2D eigenvalue weighted by Crippen LogP contribution is 2.19. The lowest BCUT2D eigenvalue weighted by molar-refractivity contribution is -0.134. The van der Waals surface area contributed by atoms with Gasteiger partial charge in [-0.05, 0) is 11.6 Å². The second-order valence-electron chi connectivity index (χ2n) is 5.48. The number of nitrogens with one attached hydrogen (secondary N) is 1. The van der Waals surface area contributed by atoms with E-state index in [1.165, 1.54) is 11.6 Å². The van der Waals surface area contributed by atoms with Gasteiger partial charge in [0.2, 0.25) is 20.0 Å². The van der Waals surface area contributed by atoms with Gasteiger partial charge < -0.3 is 0 Å². The lowest BCUT2D eigenvalue weighted by Crippen LogP contribution is -2.60. The smallest absolute Gasteiger partial charge is 0.263 e. The van der Waals surface area contributed by atoms with E-state index in [4.69, 9.17) is 5.21 Å². The van der Waals surface area contributed by atoms with E-state index in [0.29, 0.717) is 5.56 Å². The van der Waals surface area contributed by atoms with E-state index in [1.54, 1.807) is 30.3 Å². The zero-order valence-electron chi connectivity index (χ0n) is 13.4. The number of benzene rings is 1. The number of hydrogen-bond donors (Lipinski definition) is 2. The third-order valence-corrected chi connectivity index (χ3v) is 6.58. The van der Waals surface area contributed by atoms with Crippen LogP contribution >= 0.6 is 0 Å². The van der Waals surface area contributed by atoms with Crippen molar-refractivity contribution in [3.8, 4) is 0 Å². The van der Waals surface area contributed by atoms with Crippen LogP contribution in [0.5, 0.6) is 0 Å². The molecule has 1 atom stereocenters. The Balaban J connectivity index is 2.28. The molecular formula is C14H19N3O6S2. The molecule has 1 aliphatic rings. The molecule has 0 aromatic heterocycles. The Bertz CT molecular complexity index is 852. The first-order valence-electron chi connectivity index (χ1n) is 7.29. The Labute approximate surface area is 146 Å². The van der Waals surface area contributed by atoms with Gasteiger partial charge in [0.25, 0.3) is 5.91 Å². The van der Waals surface area contributed by atoms with E-state index >= 15 is 0 Å². The Morgan fingerprint density at radius 3 is 2.40 bits per heavy atom. The summed E-state index contributed by atoms with van der Waals surface area (Å²) in [4.78, 5) is 11.9. The van der Waals surface area contributed by atoms with Gasteiger partial charge in [-0.15, -0.1) is 0 Å². The first-order valence-corrected chi connectivity index (χ1v) is 10.6. The Kier molecular flexibility index (Phi) is 5.95. The second kappa shape index (κ2) is 7.62. The molecule has 25 heavy (non-hydrogen) atoms. The highest BCUT2D eigenvalue weighted by atomic mass is 32.2. The summed E-state index contributed by atoms with van der Waals surface area (Å²) in [5, 5.41) is 9.81. The van der Waals surface area contributed by atoms with E-state index in [0.717, 1.165) is 20.3 Å². The van der Waals surface area contributed by atoms with E-state index in [9.17, 15) is 21.6 Å². The molecule has 2 rings (SSSR count). The number of amides is 1. The van der Waals surface area contributed by atoms with Gasteiger partial charge in [0.15, 0.2) is 0 Å². The quantitative estimate of drug-likeness (QED) is 0.514. The molecule has 1 aromatic carbocycles. The maximum absolute atomic E-state index is 12.6. The number of hydrogen-bond acceptors (Lipinski definition) is 6. The maximum Gasteiger partial charge on any atom is 0.263 e. The van der Waals surface area contributed by atoms with E-state index in [2.05, 4.69) is 0 Å². The van der Waals surface area contributed by atoms with Crippen LogP contribution < -0.4 is 5.48 Å². The van der Waals surface area contributed by atoms with Crippen molar-refractivity contribution >= 4 is 32.0 Å². The SMILES string of the molecule is CS(=O)(=O)N1CCN(S(=O)(=O)/C=C/c2ccccc2)[C@@H](C(=O)NO)C1. The standard InChI is InChI=1S/C14H19N3O6S2/c1-24(20,21)16-8-9-17(13(11-16)14(18)15-19)25(22,23)10-7-12-5-3-2-4-6-12/h2-7,10,13,19H,8-9,11H2,1H3,(H,15,18)/b10-7+/t13-/m1/s1. The highest BCUT2D eigenvalue weighted by molar-refractivity contribution is 7.92. The van der Waals surface area contributed by atoms with Crippen LogP contribution in [0.15, 0.2) is 35.7 Å². The molecule has 0 radical (unpaired) electrons. The van der Waals surface area contributed by atoms with Crippen LogP contribution in [-0.2, 0) is 24.8 Å². The molecule has 0 spiro atoms. The summed E-state index contributed by atoms with van der Waals surface area (Å²) >= 11 is 0. The fraction of sp³-hybridized carbons (Fsp3) is 0.357. The molecular weight excluding hydrogens is 370 g/mol. The monoisotopic (exact) mass is 389 g/mol. The summed E-state index contributed by atoms with van der Waals surface area (Å²) in [6.07, 6.45) is 2.35. The van der Waals surface area contributed by atoms with Crippen molar-refractivity contribution in [1.82, 2.24) is 14.1 Å². The lowest BCUT2D eigenvalue weighted by Gasteiger charge is -2.37. The van der Waals surface area contributed by atoms with Gasteiger partial charge in [-0.25, -0.2) is 22.3 Å². The molecule has 1 heterocycles. The van der Waals surface area contributed by atoms with E-state index in [-0.39, 0.29) is 19.6 Å². The molecule has 1 amide bonds. The zero-order chi connectivity index (χ0) is 18.7. The molecule has 0 saturated carbocycles. The third kappa shape index (κ3) is 4.86. The Hall–Kier alpha value is -1.79. The number of piperazine rings is 1. The van der Waals surface area contributed by atoms with Crippen molar-refractivity contribution in [2.75, 3.05) is 25.9 Å². The number of sulfonamides is 2. The second-order valence-corrected chi connectivity index (χ2v) is 9.24. The molecule has 2 N–H and O–H groups in total. The molecule has 138 valence electrons. The van der Waals surface area contributed by atoms with Gasteiger partial charge in [0.1, 0.15) is 6.04 Å². The largest absolute Gasteiger partial charge is 0.289 e. The predicted molar refractivity (Wildman–Crippen MR) is 91.2 cm³/mol. The Morgan fingerprint density at radius 2 is 1.84 bits per heavy atom. The minimum absolute atomic E-state index is 0.0769. The van der Waals surface area contributed by atoms with Crippen LogP contribution in [-0.4, -0.2) is 68.5 Å². The van der Waals surface area contributed by atoms with Crippen LogP contribution in [0.2, 0.25) is 0 Å². The van der Waals surface area contributed by atoms with Crippen molar-refractivity contribution in [1.29, 1.82) is 0 Å². The topological polar surface area (TPSA) is 124 Å². The minimum Gasteiger partial charge on any atom is -0.289 e. The van der Waals surface area contributed by atoms with Gasteiger partial charge in [0.05, 0.1) is 6.26 Å². The van der Waals surface area contributed by atoms with Gasteiger partial charge in [-0.3, -0.25) is 10.0 Å². The van der Waals surface area contributed by atoms with Crippen molar-refractivity contribution in [2.24, 2.45) is 0 Å². The zero-order valence-corrected chi connectivity index (χ0v) is 15.1. The summed E-state index contributed by atoms with van der Waals surface area (Å²) in [6.45, 7) is -0.650. The summed E-state index contributed by atoms with van der Waals surface area (Å²) in [6, 6.07) is 7.35. The Morgan fingerprint density at radius 1 is 1.20 bits per heavy atom.